The van der Waals surface area contributed by atoms with Crippen molar-refractivity contribution < 1.29 is 4.79 Å². The van der Waals surface area contributed by atoms with Crippen LogP contribution in [-0.2, 0) is 4.79 Å². The zero-order chi connectivity index (χ0) is 12.3. The number of hydrogen-bond acceptors (Lipinski definition) is 2. The average Bonchev–Trinajstić information content (AvgIpc) is 2.76. The molecule has 1 atom stereocenters. The molecular formula is C12H18BrN3O. The highest BCUT2D eigenvalue weighted by Crippen LogP contribution is 2.18. The highest BCUT2D eigenvalue weighted by atomic mass is 79.9. The van der Waals surface area contributed by atoms with Crippen molar-refractivity contribution >= 4 is 21.8 Å². The Hall–Kier alpha value is -0.840. The maximum absolute atomic E-state index is 12.0. The number of rotatable bonds is 3. The lowest BCUT2D eigenvalue weighted by Gasteiger charge is -2.24. The summed E-state index contributed by atoms with van der Waals surface area (Å²) in [5.74, 6) is 0.0625. The first-order valence-corrected chi connectivity index (χ1v) is 6.96. The molecule has 1 heterocycles. The molecular weight excluding hydrogens is 282 g/mol. The molecule has 0 spiro atoms. The third kappa shape index (κ3) is 3.31. The fourth-order valence-corrected chi connectivity index (χ4v) is 2.52. The van der Waals surface area contributed by atoms with Gasteiger partial charge < -0.3 is 5.32 Å². The van der Waals surface area contributed by atoms with E-state index in [2.05, 4.69) is 26.3 Å². The van der Waals surface area contributed by atoms with Crippen molar-refractivity contribution in [2.24, 2.45) is 0 Å². The van der Waals surface area contributed by atoms with Gasteiger partial charge in [-0.2, -0.15) is 5.10 Å². The molecule has 1 aliphatic rings. The molecule has 5 heteroatoms. The summed E-state index contributed by atoms with van der Waals surface area (Å²) in [4.78, 5) is 12.0. The monoisotopic (exact) mass is 299 g/mol. The van der Waals surface area contributed by atoms with E-state index in [1.165, 1.54) is 19.3 Å². The summed E-state index contributed by atoms with van der Waals surface area (Å²) in [5, 5.41) is 7.25. The molecule has 1 N–H and O–H groups in total. The van der Waals surface area contributed by atoms with Gasteiger partial charge >= 0.3 is 0 Å². The Morgan fingerprint density at radius 3 is 2.82 bits per heavy atom. The third-order valence-electron chi connectivity index (χ3n) is 3.30. The molecule has 0 bridgehead atoms. The van der Waals surface area contributed by atoms with Gasteiger partial charge in [0.25, 0.3) is 0 Å². The summed E-state index contributed by atoms with van der Waals surface area (Å²) >= 11 is 3.33. The smallest absolute Gasteiger partial charge is 0.244 e. The lowest BCUT2D eigenvalue weighted by atomic mass is 9.95. The molecule has 17 heavy (non-hydrogen) atoms. The van der Waals surface area contributed by atoms with Gasteiger partial charge in [-0.15, -0.1) is 0 Å². The minimum Gasteiger partial charge on any atom is -0.352 e. The van der Waals surface area contributed by atoms with Gasteiger partial charge in [-0.3, -0.25) is 9.48 Å². The molecule has 0 saturated heterocycles. The molecule has 0 radical (unpaired) electrons. The molecule has 1 fully saturated rings. The molecule has 1 unspecified atom stereocenters. The minimum absolute atomic E-state index is 0.0625. The molecule has 0 aromatic carbocycles. The Morgan fingerprint density at radius 2 is 2.24 bits per heavy atom. The second-order valence-corrected chi connectivity index (χ2v) is 5.57. The first-order chi connectivity index (χ1) is 8.16. The van der Waals surface area contributed by atoms with Crippen LogP contribution in [0.3, 0.4) is 0 Å². The molecule has 1 aromatic heterocycles. The maximum atomic E-state index is 12.0. The van der Waals surface area contributed by atoms with E-state index < -0.39 is 0 Å². The van der Waals surface area contributed by atoms with E-state index in [1.807, 2.05) is 13.1 Å². The molecule has 1 aromatic rings. The number of nitrogens with zero attached hydrogens (tertiary/aromatic N) is 2. The van der Waals surface area contributed by atoms with Gasteiger partial charge in [0.05, 0.1) is 10.7 Å². The fraction of sp³-hybridized carbons (Fsp3) is 0.667. The largest absolute Gasteiger partial charge is 0.352 e. The third-order valence-corrected chi connectivity index (χ3v) is 3.71. The lowest BCUT2D eigenvalue weighted by molar-refractivity contribution is -0.125. The van der Waals surface area contributed by atoms with E-state index in [0.29, 0.717) is 6.04 Å². The second kappa shape index (κ2) is 5.67. The molecule has 4 nitrogen and oxygen atoms in total. The molecule has 1 aliphatic carbocycles. The zero-order valence-electron chi connectivity index (χ0n) is 10.0. The van der Waals surface area contributed by atoms with Crippen molar-refractivity contribution in [2.75, 3.05) is 0 Å². The van der Waals surface area contributed by atoms with E-state index in [0.717, 1.165) is 17.3 Å². The highest BCUT2D eigenvalue weighted by molar-refractivity contribution is 9.10. The number of hydrogen-bond donors (Lipinski definition) is 1. The van der Waals surface area contributed by atoms with Crippen LogP contribution in [0.4, 0.5) is 0 Å². The van der Waals surface area contributed by atoms with Crippen LogP contribution < -0.4 is 5.32 Å². The Bertz CT molecular complexity index is 385. The number of amides is 1. The first kappa shape index (κ1) is 12.6. The van der Waals surface area contributed by atoms with Crippen molar-refractivity contribution in [1.82, 2.24) is 15.1 Å². The van der Waals surface area contributed by atoms with Crippen molar-refractivity contribution in [3.05, 3.63) is 16.9 Å². The molecule has 2 rings (SSSR count). The standard InChI is InChI=1S/C12H18BrN3O/c1-9(16-8-10(13)7-14-16)12(17)15-11-5-3-2-4-6-11/h7-9,11H,2-6H2,1H3,(H,15,17). The molecule has 1 saturated carbocycles. The normalized spacial score (nSPS) is 18.9. The van der Waals surface area contributed by atoms with Gasteiger partial charge in [-0.1, -0.05) is 19.3 Å². The number of carbonyl (C=O) groups excluding carboxylic acids is 1. The van der Waals surface area contributed by atoms with E-state index >= 15 is 0 Å². The van der Waals surface area contributed by atoms with Crippen LogP contribution in [-0.4, -0.2) is 21.7 Å². The molecule has 0 aliphatic heterocycles. The van der Waals surface area contributed by atoms with Crippen LogP contribution >= 0.6 is 15.9 Å². The van der Waals surface area contributed by atoms with Gasteiger partial charge in [0.15, 0.2) is 0 Å². The Kier molecular flexibility index (Phi) is 4.20. The molecule has 94 valence electrons. The van der Waals surface area contributed by atoms with Gasteiger partial charge in [0.2, 0.25) is 5.91 Å². The van der Waals surface area contributed by atoms with E-state index in [9.17, 15) is 4.79 Å². The second-order valence-electron chi connectivity index (χ2n) is 4.66. The molecule has 1 amide bonds. The summed E-state index contributed by atoms with van der Waals surface area (Å²) < 4.78 is 2.58. The fourth-order valence-electron chi connectivity index (χ4n) is 2.22. The first-order valence-electron chi connectivity index (χ1n) is 6.17. The van der Waals surface area contributed by atoms with Crippen LogP contribution in [0.15, 0.2) is 16.9 Å². The predicted octanol–water partition coefficient (Wildman–Crippen LogP) is 2.66. The van der Waals surface area contributed by atoms with Crippen LogP contribution in [0.5, 0.6) is 0 Å². The van der Waals surface area contributed by atoms with E-state index in [4.69, 9.17) is 0 Å². The van der Waals surface area contributed by atoms with Gasteiger partial charge in [0, 0.05) is 12.2 Å². The van der Waals surface area contributed by atoms with Crippen molar-refractivity contribution in [1.29, 1.82) is 0 Å². The van der Waals surface area contributed by atoms with E-state index in [1.54, 1.807) is 10.9 Å². The van der Waals surface area contributed by atoms with Crippen LogP contribution in [0, 0.1) is 0 Å². The van der Waals surface area contributed by atoms with Gasteiger partial charge in [-0.25, -0.2) is 0 Å². The summed E-state index contributed by atoms with van der Waals surface area (Å²) in [7, 11) is 0. The quantitative estimate of drug-likeness (QED) is 0.933. The maximum Gasteiger partial charge on any atom is 0.244 e. The van der Waals surface area contributed by atoms with Crippen molar-refractivity contribution in [2.45, 2.75) is 51.1 Å². The summed E-state index contributed by atoms with van der Waals surface area (Å²) in [6, 6.07) is 0.112. The van der Waals surface area contributed by atoms with Crippen molar-refractivity contribution in [3.63, 3.8) is 0 Å². The SMILES string of the molecule is CC(C(=O)NC1CCCCC1)n1cc(Br)cn1. The number of carbonyl (C=O) groups is 1. The highest BCUT2D eigenvalue weighted by Gasteiger charge is 2.20. The summed E-state index contributed by atoms with van der Waals surface area (Å²) in [6.07, 6.45) is 9.51. The van der Waals surface area contributed by atoms with Crippen LogP contribution in [0.1, 0.15) is 45.1 Å². The van der Waals surface area contributed by atoms with Crippen LogP contribution in [0.2, 0.25) is 0 Å². The van der Waals surface area contributed by atoms with Gasteiger partial charge in [-0.05, 0) is 35.7 Å². The van der Waals surface area contributed by atoms with E-state index in [-0.39, 0.29) is 11.9 Å². The number of nitrogens with one attached hydrogen (secondary N) is 1. The Labute approximate surface area is 110 Å². The summed E-state index contributed by atoms with van der Waals surface area (Å²) in [6.45, 7) is 1.87. The van der Waals surface area contributed by atoms with Crippen LogP contribution in [0.25, 0.3) is 0 Å². The number of aromatic nitrogens is 2. The summed E-state index contributed by atoms with van der Waals surface area (Å²) in [5.41, 5.74) is 0. The topological polar surface area (TPSA) is 46.9 Å². The predicted molar refractivity (Wildman–Crippen MR) is 69.7 cm³/mol. The lowest BCUT2D eigenvalue weighted by Crippen LogP contribution is -2.40. The van der Waals surface area contributed by atoms with Gasteiger partial charge in [0.1, 0.15) is 6.04 Å². The Morgan fingerprint density at radius 1 is 1.53 bits per heavy atom. The number of halogens is 1. The Balaban J connectivity index is 1.90. The minimum atomic E-state index is -0.247. The average molecular weight is 300 g/mol. The zero-order valence-corrected chi connectivity index (χ0v) is 11.6. The van der Waals surface area contributed by atoms with Crippen molar-refractivity contribution in [3.8, 4) is 0 Å².